The summed E-state index contributed by atoms with van der Waals surface area (Å²) >= 11 is 0. The quantitative estimate of drug-likeness (QED) is 0.678. The SMILES string of the molecule is Cc1c(C)c2c(c(C)c1OCc1ccccc1)CC(CCC=O)C(C)O2. The minimum absolute atomic E-state index is 0.135. The number of hydrogen-bond acceptors (Lipinski definition) is 3. The van der Waals surface area contributed by atoms with E-state index in [1.165, 1.54) is 11.1 Å². The Kier molecular flexibility index (Phi) is 5.65. The minimum atomic E-state index is 0.135. The molecule has 0 aromatic heterocycles. The fourth-order valence-corrected chi connectivity index (χ4v) is 3.84. The molecule has 2 aromatic rings. The van der Waals surface area contributed by atoms with Crippen molar-refractivity contribution in [3.05, 3.63) is 58.1 Å². The minimum Gasteiger partial charge on any atom is -0.490 e. The van der Waals surface area contributed by atoms with E-state index >= 15 is 0 Å². The summed E-state index contributed by atoms with van der Waals surface area (Å²) in [4.78, 5) is 10.8. The number of carbonyl (C=O) groups excluding carboxylic acids is 1. The summed E-state index contributed by atoms with van der Waals surface area (Å²) in [5.41, 5.74) is 5.88. The summed E-state index contributed by atoms with van der Waals surface area (Å²) in [5, 5.41) is 0. The van der Waals surface area contributed by atoms with Crippen LogP contribution >= 0.6 is 0 Å². The summed E-state index contributed by atoms with van der Waals surface area (Å²) in [5.74, 6) is 2.36. The predicted molar refractivity (Wildman–Crippen MR) is 104 cm³/mol. The van der Waals surface area contributed by atoms with E-state index < -0.39 is 0 Å². The normalized spacial score (nSPS) is 18.8. The first-order chi connectivity index (χ1) is 12.5. The number of fused-ring (bicyclic) bond motifs is 1. The Labute approximate surface area is 156 Å². The average molecular weight is 352 g/mol. The maximum absolute atomic E-state index is 10.8. The van der Waals surface area contributed by atoms with Gasteiger partial charge < -0.3 is 14.3 Å². The van der Waals surface area contributed by atoms with E-state index in [4.69, 9.17) is 9.47 Å². The molecule has 0 radical (unpaired) electrons. The van der Waals surface area contributed by atoms with Crippen molar-refractivity contribution in [2.45, 2.75) is 59.7 Å². The Hall–Kier alpha value is -2.29. The lowest BCUT2D eigenvalue weighted by Crippen LogP contribution is -2.31. The molecule has 0 amide bonds. The van der Waals surface area contributed by atoms with E-state index in [2.05, 4.69) is 39.8 Å². The Bertz CT molecular complexity index is 780. The Morgan fingerprint density at radius 3 is 2.54 bits per heavy atom. The molecule has 3 heteroatoms. The smallest absolute Gasteiger partial charge is 0.126 e. The Balaban J connectivity index is 1.90. The highest BCUT2D eigenvalue weighted by molar-refractivity contribution is 5.59. The van der Waals surface area contributed by atoms with Crippen molar-refractivity contribution >= 4 is 6.29 Å². The van der Waals surface area contributed by atoms with Gasteiger partial charge in [-0.1, -0.05) is 30.3 Å². The first-order valence-electron chi connectivity index (χ1n) is 9.42. The van der Waals surface area contributed by atoms with Gasteiger partial charge in [0.25, 0.3) is 0 Å². The van der Waals surface area contributed by atoms with Crippen molar-refractivity contribution < 1.29 is 14.3 Å². The van der Waals surface area contributed by atoms with Crippen LogP contribution in [0.25, 0.3) is 0 Å². The fraction of sp³-hybridized carbons (Fsp3) is 0.435. The van der Waals surface area contributed by atoms with E-state index in [1.807, 2.05) is 18.2 Å². The summed E-state index contributed by atoms with van der Waals surface area (Å²) in [6.07, 6.45) is 3.55. The standard InChI is InChI=1S/C23H28O3/c1-15-16(2)23-21(13-20(11-8-12-24)18(4)26-23)17(3)22(15)25-14-19-9-6-5-7-10-19/h5-7,9-10,12,18,20H,8,11,13-14H2,1-4H3. The largest absolute Gasteiger partial charge is 0.490 e. The third kappa shape index (κ3) is 3.62. The van der Waals surface area contributed by atoms with Crippen LogP contribution in [0.15, 0.2) is 30.3 Å². The zero-order valence-corrected chi connectivity index (χ0v) is 16.2. The van der Waals surface area contributed by atoms with Crippen molar-refractivity contribution in [2.24, 2.45) is 5.92 Å². The molecular formula is C23H28O3. The van der Waals surface area contributed by atoms with E-state index in [0.29, 0.717) is 18.9 Å². The second-order valence-corrected chi connectivity index (χ2v) is 7.32. The number of benzene rings is 2. The third-order valence-electron chi connectivity index (χ3n) is 5.63. The van der Waals surface area contributed by atoms with Crippen LogP contribution in [0.2, 0.25) is 0 Å². The number of aldehydes is 1. The van der Waals surface area contributed by atoms with E-state index in [1.54, 1.807) is 0 Å². The molecule has 2 aromatic carbocycles. The van der Waals surface area contributed by atoms with Crippen molar-refractivity contribution in [2.75, 3.05) is 0 Å². The van der Waals surface area contributed by atoms with Gasteiger partial charge in [0, 0.05) is 17.9 Å². The second kappa shape index (κ2) is 7.94. The molecule has 0 fully saturated rings. The van der Waals surface area contributed by atoms with Gasteiger partial charge >= 0.3 is 0 Å². The molecule has 3 nitrogen and oxygen atoms in total. The maximum Gasteiger partial charge on any atom is 0.126 e. The highest BCUT2D eigenvalue weighted by Crippen LogP contribution is 2.43. The molecule has 1 heterocycles. The van der Waals surface area contributed by atoms with Crippen LogP contribution in [0.1, 0.15) is 47.6 Å². The molecule has 2 unspecified atom stereocenters. The van der Waals surface area contributed by atoms with E-state index in [-0.39, 0.29) is 6.10 Å². The summed E-state index contributed by atoms with van der Waals surface area (Å²) in [6.45, 7) is 9.02. The van der Waals surface area contributed by atoms with Crippen LogP contribution < -0.4 is 9.47 Å². The van der Waals surface area contributed by atoms with Gasteiger partial charge in [-0.15, -0.1) is 0 Å². The lowest BCUT2D eigenvalue weighted by molar-refractivity contribution is -0.108. The highest BCUT2D eigenvalue weighted by Gasteiger charge is 2.31. The van der Waals surface area contributed by atoms with Crippen LogP contribution in [0.4, 0.5) is 0 Å². The molecular weight excluding hydrogens is 324 g/mol. The second-order valence-electron chi connectivity index (χ2n) is 7.32. The van der Waals surface area contributed by atoms with Gasteiger partial charge in [0.1, 0.15) is 24.4 Å². The predicted octanol–water partition coefficient (Wildman–Crippen LogP) is 5.11. The highest BCUT2D eigenvalue weighted by atomic mass is 16.5. The van der Waals surface area contributed by atoms with Crippen molar-refractivity contribution in [1.29, 1.82) is 0 Å². The summed E-state index contributed by atoms with van der Waals surface area (Å²) < 4.78 is 12.5. The summed E-state index contributed by atoms with van der Waals surface area (Å²) in [6, 6.07) is 10.2. The zero-order valence-electron chi connectivity index (χ0n) is 16.2. The van der Waals surface area contributed by atoms with E-state index in [9.17, 15) is 4.79 Å². The van der Waals surface area contributed by atoms with Gasteiger partial charge in [-0.2, -0.15) is 0 Å². The molecule has 0 saturated heterocycles. The number of carbonyl (C=O) groups is 1. The third-order valence-corrected chi connectivity index (χ3v) is 5.63. The fourth-order valence-electron chi connectivity index (χ4n) is 3.84. The average Bonchev–Trinajstić information content (AvgIpc) is 2.65. The first-order valence-corrected chi connectivity index (χ1v) is 9.42. The molecule has 0 saturated carbocycles. The van der Waals surface area contributed by atoms with Gasteiger partial charge in [-0.3, -0.25) is 0 Å². The molecule has 2 atom stereocenters. The van der Waals surface area contributed by atoms with Crippen LogP contribution in [0.3, 0.4) is 0 Å². The Morgan fingerprint density at radius 2 is 1.85 bits per heavy atom. The number of rotatable bonds is 6. The molecule has 3 rings (SSSR count). The van der Waals surface area contributed by atoms with Crippen molar-refractivity contribution in [3.8, 4) is 11.5 Å². The van der Waals surface area contributed by atoms with Gasteiger partial charge in [-0.05, 0) is 62.8 Å². The monoisotopic (exact) mass is 352 g/mol. The van der Waals surface area contributed by atoms with Gasteiger partial charge in [-0.25, -0.2) is 0 Å². The maximum atomic E-state index is 10.8. The lowest BCUT2D eigenvalue weighted by Gasteiger charge is -2.34. The Morgan fingerprint density at radius 1 is 1.12 bits per heavy atom. The molecule has 0 bridgehead atoms. The number of hydrogen-bond donors (Lipinski definition) is 0. The molecule has 1 aliphatic heterocycles. The molecule has 0 spiro atoms. The molecule has 0 N–H and O–H groups in total. The van der Waals surface area contributed by atoms with Gasteiger partial charge in [0.2, 0.25) is 0 Å². The van der Waals surface area contributed by atoms with Crippen LogP contribution in [-0.4, -0.2) is 12.4 Å². The van der Waals surface area contributed by atoms with Gasteiger partial charge in [0.15, 0.2) is 0 Å². The zero-order chi connectivity index (χ0) is 18.7. The van der Waals surface area contributed by atoms with Crippen LogP contribution in [0, 0.1) is 26.7 Å². The van der Waals surface area contributed by atoms with Crippen LogP contribution in [0.5, 0.6) is 11.5 Å². The van der Waals surface area contributed by atoms with Crippen LogP contribution in [-0.2, 0) is 17.8 Å². The number of ether oxygens (including phenoxy) is 2. The topological polar surface area (TPSA) is 35.5 Å². The van der Waals surface area contributed by atoms with Gasteiger partial charge in [0.05, 0.1) is 6.10 Å². The summed E-state index contributed by atoms with van der Waals surface area (Å²) in [7, 11) is 0. The molecule has 0 aliphatic carbocycles. The lowest BCUT2D eigenvalue weighted by atomic mass is 9.84. The molecule has 1 aliphatic rings. The van der Waals surface area contributed by atoms with E-state index in [0.717, 1.165) is 47.3 Å². The first kappa shape index (κ1) is 18.5. The molecule has 26 heavy (non-hydrogen) atoms. The van der Waals surface area contributed by atoms with Crippen molar-refractivity contribution in [3.63, 3.8) is 0 Å². The molecule has 138 valence electrons. The van der Waals surface area contributed by atoms with Crippen molar-refractivity contribution in [1.82, 2.24) is 0 Å².